The molecule has 1 aromatic carbocycles. The van der Waals surface area contributed by atoms with Gasteiger partial charge in [-0.15, -0.1) is 0 Å². The van der Waals surface area contributed by atoms with Crippen LogP contribution in [0.3, 0.4) is 0 Å². The summed E-state index contributed by atoms with van der Waals surface area (Å²) in [4.78, 5) is 22.9. The minimum atomic E-state index is -0.374. The summed E-state index contributed by atoms with van der Waals surface area (Å²) in [6, 6.07) is 6.65. The van der Waals surface area contributed by atoms with Gasteiger partial charge in [0.1, 0.15) is 11.8 Å². The number of carbonyl (C=O) groups excluding carboxylic acids is 2. The molecule has 1 amide bonds. The number of benzene rings is 1. The summed E-state index contributed by atoms with van der Waals surface area (Å²) in [5.41, 5.74) is 0.682. The van der Waals surface area contributed by atoms with E-state index in [4.69, 9.17) is 9.47 Å². The predicted octanol–water partition coefficient (Wildman–Crippen LogP) is 0.539. The molecule has 1 aromatic rings. The Morgan fingerprint density at radius 1 is 1.42 bits per heavy atom. The van der Waals surface area contributed by atoms with Crippen LogP contribution >= 0.6 is 0 Å². The third-order valence-corrected chi connectivity index (χ3v) is 2.82. The lowest BCUT2D eigenvalue weighted by molar-refractivity contribution is -0.139. The molecule has 1 saturated heterocycles. The summed E-state index contributed by atoms with van der Waals surface area (Å²) in [5.74, 6) is 0.229. The second-order valence-electron chi connectivity index (χ2n) is 4.17. The van der Waals surface area contributed by atoms with Crippen LogP contribution in [0.5, 0.6) is 5.75 Å². The van der Waals surface area contributed by atoms with Gasteiger partial charge in [-0.3, -0.25) is 14.9 Å². The van der Waals surface area contributed by atoms with E-state index in [0.29, 0.717) is 18.7 Å². The second kappa shape index (κ2) is 6.19. The quantitative estimate of drug-likeness (QED) is 0.759. The van der Waals surface area contributed by atoms with Crippen molar-refractivity contribution in [3.05, 3.63) is 24.3 Å². The molecule has 6 nitrogen and oxygen atoms in total. The Morgan fingerprint density at radius 2 is 2.16 bits per heavy atom. The molecule has 1 heterocycles. The highest BCUT2D eigenvalue weighted by atomic mass is 16.5. The molecule has 0 bridgehead atoms. The summed E-state index contributed by atoms with van der Waals surface area (Å²) < 4.78 is 9.82. The van der Waals surface area contributed by atoms with Crippen LogP contribution in [0.25, 0.3) is 0 Å². The van der Waals surface area contributed by atoms with Gasteiger partial charge in [-0.25, -0.2) is 0 Å². The van der Waals surface area contributed by atoms with Crippen molar-refractivity contribution in [2.45, 2.75) is 12.5 Å². The number of hydrogen-bond acceptors (Lipinski definition) is 5. The number of anilines is 1. The van der Waals surface area contributed by atoms with E-state index in [9.17, 15) is 9.59 Å². The SMILES string of the molecule is COc1ccc(NC(=O)CNC2CCOC2=O)cc1. The minimum absolute atomic E-state index is 0.0752. The average molecular weight is 264 g/mol. The van der Waals surface area contributed by atoms with E-state index < -0.39 is 0 Å². The number of hydrogen-bond donors (Lipinski definition) is 2. The molecule has 102 valence electrons. The fraction of sp³-hybridized carbons (Fsp3) is 0.385. The van der Waals surface area contributed by atoms with E-state index in [1.165, 1.54) is 0 Å². The molecule has 1 aliphatic rings. The lowest BCUT2D eigenvalue weighted by atomic mass is 10.2. The van der Waals surface area contributed by atoms with Crippen LogP contribution in [0, 0.1) is 0 Å². The Balaban J connectivity index is 1.78. The van der Waals surface area contributed by atoms with Gasteiger partial charge in [0.2, 0.25) is 5.91 Å². The van der Waals surface area contributed by atoms with Crippen molar-refractivity contribution in [3.63, 3.8) is 0 Å². The highest BCUT2D eigenvalue weighted by Crippen LogP contribution is 2.14. The largest absolute Gasteiger partial charge is 0.497 e. The molecule has 1 atom stereocenters. The molecule has 1 unspecified atom stereocenters. The molecule has 19 heavy (non-hydrogen) atoms. The van der Waals surface area contributed by atoms with Gasteiger partial charge in [0.15, 0.2) is 0 Å². The van der Waals surface area contributed by atoms with Crippen LogP contribution in [-0.2, 0) is 14.3 Å². The summed E-state index contributed by atoms with van der Waals surface area (Å²) in [5, 5.41) is 5.59. The maximum Gasteiger partial charge on any atom is 0.323 e. The molecule has 2 N–H and O–H groups in total. The lowest BCUT2D eigenvalue weighted by Gasteiger charge is -2.09. The molecule has 6 heteroatoms. The number of cyclic esters (lactones) is 1. The average Bonchev–Trinajstić information content (AvgIpc) is 2.83. The number of rotatable bonds is 5. The number of esters is 1. The fourth-order valence-corrected chi connectivity index (χ4v) is 1.78. The first-order valence-electron chi connectivity index (χ1n) is 6.03. The minimum Gasteiger partial charge on any atom is -0.497 e. The van der Waals surface area contributed by atoms with Gasteiger partial charge in [-0.05, 0) is 24.3 Å². The van der Waals surface area contributed by atoms with Crippen molar-refractivity contribution in [3.8, 4) is 5.75 Å². The topological polar surface area (TPSA) is 76.7 Å². The molecule has 1 fully saturated rings. The van der Waals surface area contributed by atoms with Crippen molar-refractivity contribution in [1.29, 1.82) is 0 Å². The van der Waals surface area contributed by atoms with E-state index in [-0.39, 0.29) is 24.5 Å². The van der Waals surface area contributed by atoms with E-state index >= 15 is 0 Å². The Hall–Kier alpha value is -2.08. The van der Waals surface area contributed by atoms with Crippen molar-refractivity contribution in [2.75, 3.05) is 25.6 Å². The molecule has 0 aromatic heterocycles. The standard InChI is InChI=1S/C13H16N2O4/c1-18-10-4-2-9(3-5-10)15-12(16)8-14-11-6-7-19-13(11)17/h2-5,11,14H,6-8H2,1H3,(H,15,16). The number of methoxy groups -OCH3 is 1. The fourth-order valence-electron chi connectivity index (χ4n) is 1.78. The number of amides is 1. The zero-order valence-corrected chi connectivity index (χ0v) is 10.6. The summed E-state index contributed by atoms with van der Waals surface area (Å²) in [7, 11) is 1.58. The van der Waals surface area contributed by atoms with Crippen LogP contribution in [0.2, 0.25) is 0 Å². The Labute approximate surface area is 111 Å². The zero-order chi connectivity index (χ0) is 13.7. The first-order chi connectivity index (χ1) is 9.19. The normalized spacial score (nSPS) is 17.9. The van der Waals surface area contributed by atoms with Gasteiger partial charge in [-0.1, -0.05) is 0 Å². The van der Waals surface area contributed by atoms with Gasteiger partial charge in [0, 0.05) is 12.1 Å². The number of nitrogens with one attached hydrogen (secondary N) is 2. The molecule has 0 radical (unpaired) electrons. The summed E-state index contributed by atoms with van der Waals surface area (Å²) >= 11 is 0. The third-order valence-electron chi connectivity index (χ3n) is 2.82. The van der Waals surface area contributed by atoms with Gasteiger partial charge >= 0.3 is 5.97 Å². The monoisotopic (exact) mass is 264 g/mol. The van der Waals surface area contributed by atoms with Crippen LogP contribution in [0.15, 0.2) is 24.3 Å². The zero-order valence-electron chi connectivity index (χ0n) is 10.6. The van der Waals surface area contributed by atoms with Crippen molar-refractivity contribution >= 4 is 17.6 Å². The highest BCUT2D eigenvalue weighted by molar-refractivity contribution is 5.92. The molecular weight excluding hydrogens is 248 g/mol. The molecule has 2 rings (SSSR count). The van der Waals surface area contributed by atoms with Gasteiger partial charge in [-0.2, -0.15) is 0 Å². The van der Waals surface area contributed by atoms with Gasteiger partial charge < -0.3 is 14.8 Å². The molecule has 0 aliphatic carbocycles. The molecule has 0 saturated carbocycles. The van der Waals surface area contributed by atoms with Gasteiger partial charge in [0.25, 0.3) is 0 Å². The smallest absolute Gasteiger partial charge is 0.323 e. The first-order valence-corrected chi connectivity index (χ1v) is 6.03. The van der Waals surface area contributed by atoms with Crippen molar-refractivity contribution in [2.24, 2.45) is 0 Å². The maximum absolute atomic E-state index is 11.7. The Bertz CT molecular complexity index is 458. The molecule has 0 spiro atoms. The number of ether oxygens (including phenoxy) is 2. The van der Waals surface area contributed by atoms with Crippen molar-refractivity contribution in [1.82, 2.24) is 5.32 Å². The summed E-state index contributed by atoms with van der Waals surface area (Å²) in [6.45, 7) is 0.488. The van der Waals surface area contributed by atoms with Crippen LogP contribution < -0.4 is 15.4 Å². The van der Waals surface area contributed by atoms with E-state index in [1.54, 1.807) is 31.4 Å². The van der Waals surface area contributed by atoms with Crippen LogP contribution in [0.1, 0.15) is 6.42 Å². The van der Waals surface area contributed by atoms with Gasteiger partial charge in [0.05, 0.1) is 20.3 Å². The highest BCUT2D eigenvalue weighted by Gasteiger charge is 2.26. The van der Waals surface area contributed by atoms with Crippen LogP contribution in [-0.4, -0.2) is 38.2 Å². The Kier molecular flexibility index (Phi) is 4.35. The molecular formula is C13H16N2O4. The second-order valence-corrected chi connectivity index (χ2v) is 4.17. The number of carbonyl (C=O) groups is 2. The van der Waals surface area contributed by atoms with E-state index in [0.717, 1.165) is 5.75 Å². The van der Waals surface area contributed by atoms with Crippen molar-refractivity contribution < 1.29 is 19.1 Å². The van der Waals surface area contributed by atoms with Crippen LogP contribution in [0.4, 0.5) is 5.69 Å². The first kappa shape index (κ1) is 13.4. The Morgan fingerprint density at radius 3 is 2.74 bits per heavy atom. The predicted molar refractivity (Wildman–Crippen MR) is 69.0 cm³/mol. The van der Waals surface area contributed by atoms with E-state index in [2.05, 4.69) is 10.6 Å². The maximum atomic E-state index is 11.7. The van der Waals surface area contributed by atoms with E-state index in [1.807, 2.05) is 0 Å². The lowest BCUT2D eigenvalue weighted by Crippen LogP contribution is -2.38. The molecule has 1 aliphatic heterocycles. The third kappa shape index (κ3) is 3.69. The summed E-state index contributed by atoms with van der Waals surface area (Å²) in [6.07, 6.45) is 0.606.